The van der Waals surface area contributed by atoms with E-state index in [0.29, 0.717) is 12.2 Å². The van der Waals surface area contributed by atoms with Crippen LogP contribution in [0.4, 0.5) is 0 Å². The molecule has 1 aromatic carbocycles. The molecule has 3 rings (SSSR count). The fourth-order valence-corrected chi connectivity index (χ4v) is 3.25. The zero-order valence-electron chi connectivity index (χ0n) is 10.5. The highest BCUT2D eigenvalue weighted by Crippen LogP contribution is 2.35. The number of esters is 1. The maximum Gasteiger partial charge on any atom is 0.337 e. The van der Waals surface area contributed by atoms with Crippen LogP contribution in [0.1, 0.15) is 10.4 Å². The van der Waals surface area contributed by atoms with Crippen molar-refractivity contribution in [3.05, 3.63) is 31.2 Å². The van der Waals surface area contributed by atoms with Crippen molar-refractivity contribution in [3.63, 3.8) is 0 Å². The smallest absolute Gasteiger partial charge is 0.337 e. The van der Waals surface area contributed by atoms with Gasteiger partial charge < -0.3 is 14.0 Å². The van der Waals surface area contributed by atoms with Gasteiger partial charge in [0.25, 0.3) is 0 Å². The molecular weight excluding hydrogens is 486 g/mol. The first-order valence-corrected chi connectivity index (χ1v) is 8.04. The summed E-state index contributed by atoms with van der Waals surface area (Å²) >= 11 is 4.49. The molecule has 0 saturated carbocycles. The second-order valence-electron chi connectivity index (χ2n) is 4.22. The summed E-state index contributed by atoms with van der Waals surface area (Å²) in [6.45, 7) is 1.33. The van der Waals surface area contributed by atoms with Gasteiger partial charge >= 0.3 is 5.97 Å². The highest BCUT2D eigenvalue weighted by atomic mass is 127. The number of carbonyl (C=O) groups is 1. The van der Waals surface area contributed by atoms with Crippen molar-refractivity contribution in [1.29, 1.82) is 0 Å². The number of imidazole rings is 1. The van der Waals surface area contributed by atoms with Gasteiger partial charge in [0.2, 0.25) is 0 Å². The largest absolute Gasteiger partial charge is 0.491 e. The maximum atomic E-state index is 11.7. The number of nitrogens with zero attached hydrogens (tertiary/aromatic N) is 2. The van der Waals surface area contributed by atoms with Crippen LogP contribution in [0.3, 0.4) is 0 Å². The van der Waals surface area contributed by atoms with Crippen molar-refractivity contribution in [2.75, 3.05) is 13.7 Å². The Kier molecular flexibility index (Phi) is 3.89. The van der Waals surface area contributed by atoms with E-state index >= 15 is 0 Å². The summed E-state index contributed by atoms with van der Waals surface area (Å²) in [6, 6.07) is 5.28. The Morgan fingerprint density at radius 2 is 2.25 bits per heavy atom. The quantitative estimate of drug-likeness (QED) is 0.451. The first kappa shape index (κ1) is 14.1. The lowest BCUT2D eigenvalue weighted by Gasteiger charge is -2.07. The maximum absolute atomic E-state index is 11.7. The lowest BCUT2D eigenvalue weighted by atomic mass is 10.1. The van der Waals surface area contributed by atoms with E-state index in [1.54, 1.807) is 18.2 Å². The van der Waals surface area contributed by atoms with E-state index in [2.05, 4.69) is 54.7 Å². The summed E-state index contributed by atoms with van der Waals surface area (Å²) < 4.78 is 14.6. The van der Waals surface area contributed by atoms with Crippen molar-refractivity contribution in [2.45, 2.75) is 6.54 Å². The molecule has 0 spiro atoms. The van der Waals surface area contributed by atoms with Crippen LogP contribution >= 0.6 is 45.2 Å². The molecule has 1 aromatic heterocycles. The van der Waals surface area contributed by atoms with Gasteiger partial charge in [-0.25, -0.2) is 9.78 Å². The number of methoxy groups -OCH3 is 1. The third-order valence-corrected chi connectivity index (χ3v) is 5.96. The molecule has 0 radical (unpaired) electrons. The van der Waals surface area contributed by atoms with Crippen molar-refractivity contribution < 1.29 is 14.3 Å². The molecule has 2 heterocycles. The summed E-state index contributed by atoms with van der Waals surface area (Å²) in [5.41, 5.74) is 1.32. The Bertz CT molecular complexity index is 697. The lowest BCUT2D eigenvalue weighted by Crippen LogP contribution is -2.07. The average molecular weight is 496 g/mol. The standard InChI is InChI=1S/C13H10I2N2O3/c1-19-13(18)7-2-3-9-8(6-7)12-16-10(14)11(15)17(12)4-5-20-9/h2-3,6H,4-5H2,1H3. The van der Waals surface area contributed by atoms with Crippen LogP contribution in [0.5, 0.6) is 5.75 Å². The van der Waals surface area contributed by atoms with Gasteiger partial charge in [0.05, 0.1) is 24.8 Å². The Balaban J connectivity index is 2.21. The van der Waals surface area contributed by atoms with E-state index in [9.17, 15) is 4.79 Å². The first-order valence-electron chi connectivity index (χ1n) is 5.89. The second-order valence-corrected chi connectivity index (χ2v) is 6.26. The zero-order valence-corrected chi connectivity index (χ0v) is 14.8. The van der Waals surface area contributed by atoms with Crippen molar-refractivity contribution in [2.24, 2.45) is 0 Å². The van der Waals surface area contributed by atoms with Crippen molar-refractivity contribution in [1.82, 2.24) is 9.55 Å². The minimum Gasteiger partial charge on any atom is -0.491 e. The van der Waals surface area contributed by atoms with Gasteiger partial charge in [-0.05, 0) is 63.4 Å². The predicted molar refractivity (Wildman–Crippen MR) is 89.9 cm³/mol. The third-order valence-electron chi connectivity index (χ3n) is 3.08. The molecule has 7 heteroatoms. The highest BCUT2D eigenvalue weighted by Gasteiger charge is 2.22. The molecule has 0 saturated heterocycles. The summed E-state index contributed by atoms with van der Waals surface area (Å²) in [5.74, 6) is 1.21. The van der Waals surface area contributed by atoms with E-state index in [4.69, 9.17) is 9.47 Å². The van der Waals surface area contributed by atoms with E-state index in [1.807, 2.05) is 0 Å². The van der Waals surface area contributed by atoms with Crippen LogP contribution in [0.25, 0.3) is 11.4 Å². The van der Waals surface area contributed by atoms with Crippen LogP contribution in [0.2, 0.25) is 0 Å². The molecule has 5 nitrogen and oxygen atoms in total. The average Bonchev–Trinajstić information content (AvgIpc) is 2.64. The van der Waals surface area contributed by atoms with Gasteiger partial charge in [0, 0.05) is 0 Å². The molecule has 20 heavy (non-hydrogen) atoms. The molecule has 0 N–H and O–H groups in total. The molecule has 0 bridgehead atoms. The Hall–Kier alpha value is -0.840. The number of hydrogen-bond donors (Lipinski definition) is 0. The van der Waals surface area contributed by atoms with Crippen LogP contribution in [0.15, 0.2) is 18.2 Å². The van der Waals surface area contributed by atoms with Crippen LogP contribution in [-0.4, -0.2) is 29.2 Å². The molecule has 0 aliphatic carbocycles. The van der Waals surface area contributed by atoms with Gasteiger partial charge in [-0.15, -0.1) is 0 Å². The number of halogens is 2. The van der Waals surface area contributed by atoms with Gasteiger partial charge in [-0.1, -0.05) is 0 Å². The normalized spacial score (nSPS) is 12.9. The number of ether oxygens (including phenoxy) is 2. The minimum absolute atomic E-state index is 0.362. The molecule has 1 aliphatic rings. The third kappa shape index (κ3) is 2.30. The molecule has 0 fully saturated rings. The SMILES string of the molecule is COC(=O)c1ccc2c(c1)-c1nc(I)c(I)n1CCO2. The summed E-state index contributed by atoms with van der Waals surface area (Å²) in [5, 5.41) is 0. The molecule has 0 unspecified atom stereocenters. The molecule has 0 atom stereocenters. The number of hydrogen-bond acceptors (Lipinski definition) is 4. The highest BCUT2D eigenvalue weighted by molar-refractivity contribution is 14.1. The van der Waals surface area contributed by atoms with Crippen LogP contribution in [0, 0.1) is 7.40 Å². The lowest BCUT2D eigenvalue weighted by molar-refractivity contribution is 0.0601. The molecule has 0 amide bonds. The fourth-order valence-electron chi connectivity index (χ4n) is 2.14. The van der Waals surface area contributed by atoms with Crippen molar-refractivity contribution >= 4 is 51.2 Å². The topological polar surface area (TPSA) is 53.3 Å². The van der Waals surface area contributed by atoms with E-state index < -0.39 is 0 Å². The first-order chi connectivity index (χ1) is 9.61. The fraction of sp³-hybridized carbons (Fsp3) is 0.231. The molecule has 104 valence electrons. The summed E-state index contributed by atoms with van der Waals surface area (Å²) in [6.07, 6.45) is 0. The molecule has 2 aromatic rings. The number of fused-ring (bicyclic) bond motifs is 3. The monoisotopic (exact) mass is 496 g/mol. The number of carbonyl (C=O) groups excluding carboxylic acids is 1. The van der Waals surface area contributed by atoms with Crippen molar-refractivity contribution in [3.8, 4) is 17.1 Å². The van der Waals surface area contributed by atoms with Crippen LogP contribution < -0.4 is 4.74 Å². The zero-order chi connectivity index (χ0) is 14.3. The van der Waals surface area contributed by atoms with Gasteiger partial charge in [0.15, 0.2) is 0 Å². The van der Waals surface area contributed by atoms with Gasteiger partial charge in [0.1, 0.15) is 25.6 Å². The molecule has 1 aliphatic heterocycles. The molecular formula is C13H10I2N2O3. The Labute approximate surface area is 142 Å². The van der Waals surface area contributed by atoms with Crippen LogP contribution in [-0.2, 0) is 11.3 Å². The second kappa shape index (κ2) is 5.51. The summed E-state index contributed by atoms with van der Waals surface area (Å²) in [4.78, 5) is 16.3. The Morgan fingerprint density at radius 1 is 1.45 bits per heavy atom. The predicted octanol–water partition coefficient (Wildman–Crippen LogP) is 2.94. The number of aromatic nitrogens is 2. The van der Waals surface area contributed by atoms with Gasteiger partial charge in [-0.2, -0.15) is 0 Å². The van der Waals surface area contributed by atoms with Gasteiger partial charge in [-0.3, -0.25) is 0 Å². The summed E-state index contributed by atoms with van der Waals surface area (Å²) in [7, 11) is 1.37. The number of benzene rings is 1. The van der Waals surface area contributed by atoms with E-state index in [0.717, 1.165) is 31.1 Å². The number of rotatable bonds is 1. The Morgan fingerprint density at radius 3 is 3.00 bits per heavy atom. The minimum atomic E-state index is -0.362. The van der Waals surface area contributed by atoms with E-state index in [1.165, 1.54) is 7.11 Å². The van der Waals surface area contributed by atoms with E-state index in [-0.39, 0.29) is 5.97 Å².